The normalized spacial score (nSPS) is 15.3. The van der Waals surface area contributed by atoms with Crippen LogP contribution in [-0.4, -0.2) is 58.9 Å². The minimum Gasteiger partial charge on any atom is -0.368 e. The van der Waals surface area contributed by atoms with Gasteiger partial charge in [0.1, 0.15) is 11.4 Å². The Hall–Kier alpha value is -4.14. The topological polar surface area (TPSA) is 102 Å². The average Bonchev–Trinajstić information content (AvgIpc) is 3.71. The van der Waals surface area contributed by atoms with Crippen molar-refractivity contribution in [2.45, 2.75) is 39.7 Å². The number of anilines is 5. The third-order valence-corrected chi connectivity index (χ3v) is 6.88. The van der Waals surface area contributed by atoms with Gasteiger partial charge in [-0.25, -0.2) is 4.98 Å². The number of para-hydroxylation sites is 1. The molecule has 0 unspecified atom stereocenters. The number of hydrogen-bond donors (Lipinski definition) is 3. The Morgan fingerprint density at radius 1 is 0.946 bits per heavy atom. The summed E-state index contributed by atoms with van der Waals surface area (Å²) in [4.78, 5) is 38.0. The van der Waals surface area contributed by atoms with E-state index in [9.17, 15) is 9.59 Å². The SMILES string of the molecule is CC(=O)N1CCN(c2ccc(Nc3ncc(C(=O)Nc4c(C)cccc4C)c(NC4CC4)n3)cc2)CC1. The smallest absolute Gasteiger partial charge is 0.261 e. The van der Waals surface area contributed by atoms with Gasteiger partial charge in [0, 0.05) is 62.4 Å². The van der Waals surface area contributed by atoms with Crippen molar-refractivity contribution in [3.05, 3.63) is 65.4 Å². The summed E-state index contributed by atoms with van der Waals surface area (Å²) in [5.74, 6) is 0.850. The number of benzene rings is 2. The van der Waals surface area contributed by atoms with Crippen LogP contribution in [0.15, 0.2) is 48.7 Å². The fraction of sp³-hybridized carbons (Fsp3) is 0.357. The van der Waals surface area contributed by atoms with E-state index >= 15 is 0 Å². The average molecular weight is 500 g/mol. The highest BCUT2D eigenvalue weighted by Gasteiger charge is 2.25. The van der Waals surface area contributed by atoms with Gasteiger partial charge in [-0.15, -0.1) is 0 Å². The number of hydrogen-bond acceptors (Lipinski definition) is 7. The maximum Gasteiger partial charge on any atom is 0.261 e. The lowest BCUT2D eigenvalue weighted by atomic mass is 10.1. The van der Waals surface area contributed by atoms with Crippen LogP contribution in [0.1, 0.15) is 41.3 Å². The second kappa shape index (κ2) is 10.5. The van der Waals surface area contributed by atoms with E-state index < -0.39 is 0 Å². The van der Waals surface area contributed by atoms with Crippen molar-refractivity contribution in [3.8, 4) is 0 Å². The third-order valence-electron chi connectivity index (χ3n) is 6.88. The number of nitrogens with zero attached hydrogens (tertiary/aromatic N) is 4. The van der Waals surface area contributed by atoms with Crippen LogP contribution < -0.4 is 20.9 Å². The van der Waals surface area contributed by atoms with Crippen LogP contribution in [0.2, 0.25) is 0 Å². The Labute approximate surface area is 217 Å². The zero-order valence-corrected chi connectivity index (χ0v) is 21.5. The molecule has 5 rings (SSSR count). The molecule has 0 radical (unpaired) electrons. The van der Waals surface area contributed by atoms with Gasteiger partial charge in [-0.3, -0.25) is 9.59 Å². The monoisotopic (exact) mass is 499 g/mol. The number of amides is 2. The van der Waals surface area contributed by atoms with Crippen LogP contribution >= 0.6 is 0 Å². The van der Waals surface area contributed by atoms with Gasteiger partial charge in [-0.05, 0) is 62.1 Å². The Morgan fingerprint density at radius 3 is 2.24 bits per heavy atom. The van der Waals surface area contributed by atoms with E-state index in [2.05, 4.69) is 43.0 Å². The van der Waals surface area contributed by atoms with Crippen molar-refractivity contribution in [3.63, 3.8) is 0 Å². The van der Waals surface area contributed by atoms with Crippen LogP contribution in [0.25, 0.3) is 0 Å². The van der Waals surface area contributed by atoms with Gasteiger partial charge in [0.2, 0.25) is 11.9 Å². The van der Waals surface area contributed by atoms with Crippen molar-refractivity contribution in [1.29, 1.82) is 0 Å². The molecule has 1 saturated heterocycles. The summed E-state index contributed by atoms with van der Waals surface area (Å²) >= 11 is 0. The van der Waals surface area contributed by atoms with E-state index in [4.69, 9.17) is 0 Å². The molecule has 192 valence electrons. The number of piperazine rings is 1. The Bertz CT molecular complexity index is 1280. The lowest BCUT2D eigenvalue weighted by molar-refractivity contribution is -0.129. The number of aromatic nitrogens is 2. The molecular formula is C28H33N7O2. The molecule has 0 bridgehead atoms. The zero-order chi connectivity index (χ0) is 25.9. The van der Waals surface area contributed by atoms with Gasteiger partial charge in [0.05, 0.1) is 0 Å². The Balaban J connectivity index is 1.29. The van der Waals surface area contributed by atoms with Crippen molar-refractivity contribution >= 4 is 40.6 Å². The van der Waals surface area contributed by atoms with Gasteiger partial charge < -0.3 is 25.8 Å². The molecule has 2 amide bonds. The molecule has 2 aliphatic rings. The van der Waals surface area contributed by atoms with Crippen LogP contribution in [0.4, 0.5) is 28.8 Å². The molecule has 9 nitrogen and oxygen atoms in total. The molecule has 3 N–H and O–H groups in total. The minimum atomic E-state index is -0.235. The van der Waals surface area contributed by atoms with E-state index in [1.165, 1.54) is 0 Å². The lowest BCUT2D eigenvalue weighted by Gasteiger charge is -2.35. The molecule has 0 atom stereocenters. The molecule has 1 aromatic heterocycles. The molecule has 1 aliphatic carbocycles. The number of carbonyl (C=O) groups is 2. The standard InChI is InChI=1S/C28H33N7O2/c1-18-5-4-6-19(2)25(18)32-27(37)24-17-29-28(33-26(24)30-21-7-8-21)31-22-9-11-23(12-10-22)35-15-13-34(14-16-35)20(3)36/h4-6,9-12,17,21H,7-8,13-16H2,1-3H3,(H,32,37)(H2,29,30,31,33). The molecule has 9 heteroatoms. The summed E-state index contributed by atoms with van der Waals surface area (Å²) in [5, 5.41) is 9.68. The summed E-state index contributed by atoms with van der Waals surface area (Å²) < 4.78 is 0. The summed E-state index contributed by atoms with van der Waals surface area (Å²) in [6, 6.07) is 14.4. The number of carbonyl (C=O) groups excluding carboxylic acids is 2. The zero-order valence-electron chi connectivity index (χ0n) is 21.5. The molecular weight excluding hydrogens is 466 g/mol. The summed E-state index contributed by atoms with van der Waals surface area (Å²) in [6.07, 6.45) is 3.70. The van der Waals surface area contributed by atoms with Crippen LogP contribution in [0.5, 0.6) is 0 Å². The number of rotatable bonds is 7. The predicted octanol–water partition coefficient (Wildman–Crippen LogP) is 4.33. The maximum atomic E-state index is 13.2. The molecule has 1 aliphatic heterocycles. The quantitative estimate of drug-likeness (QED) is 0.445. The molecule has 2 heterocycles. The summed E-state index contributed by atoms with van der Waals surface area (Å²) in [7, 11) is 0. The molecule has 37 heavy (non-hydrogen) atoms. The van der Waals surface area contributed by atoms with Gasteiger partial charge in [0.15, 0.2) is 0 Å². The lowest BCUT2D eigenvalue weighted by Crippen LogP contribution is -2.48. The minimum absolute atomic E-state index is 0.128. The van der Waals surface area contributed by atoms with Crippen LogP contribution in [-0.2, 0) is 4.79 Å². The fourth-order valence-corrected chi connectivity index (χ4v) is 4.50. The van der Waals surface area contributed by atoms with Gasteiger partial charge in [-0.1, -0.05) is 18.2 Å². The van der Waals surface area contributed by atoms with Gasteiger partial charge in [0.25, 0.3) is 5.91 Å². The first-order valence-corrected chi connectivity index (χ1v) is 12.8. The highest BCUT2D eigenvalue weighted by atomic mass is 16.2. The van der Waals surface area contributed by atoms with Gasteiger partial charge >= 0.3 is 0 Å². The second-order valence-corrected chi connectivity index (χ2v) is 9.76. The van der Waals surface area contributed by atoms with E-state index in [1.54, 1.807) is 13.1 Å². The first-order valence-electron chi connectivity index (χ1n) is 12.8. The van der Waals surface area contributed by atoms with E-state index in [0.29, 0.717) is 23.4 Å². The largest absolute Gasteiger partial charge is 0.368 e. The number of nitrogens with one attached hydrogen (secondary N) is 3. The molecule has 0 spiro atoms. The first-order chi connectivity index (χ1) is 17.9. The Morgan fingerprint density at radius 2 is 1.62 bits per heavy atom. The number of aryl methyl sites for hydroxylation is 2. The van der Waals surface area contributed by atoms with E-state index in [0.717, 1.165) is 67.2 Å². The molecule has 3 aromatic rings. The third kappa shape index (κ3) is 5.82. The van der Waals surface area contributed by atoms with Crippen molar-refractivity contribution < 1.29 is 9.59 Å². The van der Waals surface area contributed by atoms with Crippen LogP contribution in [0, 0.1) is 13.8 Å². The summed E-state index contributed by atoms with van der Waals surface area (Å²) in [5.41, 5.74) is 5.22. The Kier molecular flexibility index (Phi) is 6.94. The fourth-order valence-electron chi connectivity index (χ4n) is 4.50. The van der Waals surface area contributed by atoms with Gasteiger partial charge in [-0.2, -0.15) is 4.98 Å². The highest BCUT2D eigenvalue weighted by Crippen LogP contribution is 2.28. The second-order valence-electron chi connectivity index (χ2n) is 9.76. The molecule has 2 fully saturated rings. The molecule has 1 saturated carbocycles. The van der Waals surface area contributed by atoms with Crippen LogP contribution in [0.3, 0.4) is 0 Å². The maximum absolute atomic E-state index is 13.2. The molecule has 2 aromatic carbocycles. The highest BCUT2D eigenvalue weighted by molar-refractivity contribution is 6.08. The van der Waals surface area contributed by atoms with E-state index in [1.807, 2.05) is 49.1 Å². The predicted molar refractivity (Wildman–Crippen MR) is 147 cm³/mol. The first kappa shape index (κ1) is 24.5. The van der Waals surface area contributed by atoms with E-state index in [-0.39, 0.29) is 11.8 Å². The van der Waals surface area contributed by atoms with Crippen molar-refractivity contribution in [2.24, 2.45) is 0 Å². The van der Waals surface area contributed by atoms with Crippen molar-refractivity contribution in [2.75, 3.05) is 47.0 Å². The van der Waals surface area contributed by atoms with Crippen molar-refractivity contribution in [1.82, 2.24) is 14.9 Å². The summed E-state index contributed by atoms with van der Waals surface area (Å²) in [6.45, 7) is 8.69.